The molecule has 2 saturated carbocycles. The Labute approximate surface area is 230 Å². The first-order valence-corrected chi connectivity index (χ1v) is 15.5. The van der Waals surface area contributed by atoms with Crippen LogP contribution in [0.3, 0.4) is 0 Å². The molecule has 1 spiro atoms. The van der Waals surface area contributed by atoms with Crippen molar-refractivity contribution < 1.29 is 27.4 Å². The molecule has 1 N–H and O–H groups in total. The molecule has 0 radical (unpaired) electrons. The first-order valence-electron chi connectivity index (χ1n) is 14.0. The second-order valence-corrected chi connectivity index (χ2v) is 14.0. The van der Waals surface area contributed by atoms with Crippen molar-refractivity contribution in [1.82, 2.24) is 4.83 Å². The molecular formula is C30H38N2O6S. The summed E-state index contributed by atoms with van der Waals surface area (Å²) < 4.78 is 44.6. The van der Waals surface area contributed by atoms with Gasteiger partial charge in [-0.15, -0.1) is 0 Å². The molecule has 3 fully saturated rings. The van der Waals surface area contributed by atoms with Crippen molar-refractivity contribution in [3.63, 3.8) is 0 Å². The van der Waals surface area contributed by atoms with E-state index in [0.29, 0.717) is 19.6 Å². The number of hydrogen-bond acceptors (Lipinski definition) is 7. The lowest BCUT2D eigenvalue weighted by Gasteiger charge is -2.57. The summed E-state index contributed by atoms with van der Waals surface area (Å²) in [6.07, 6.45) is 10.2. The van der Waals surface area contributed by atoms with Crippen molar-refractivity contribution in [1.29, 1.82) is 0 Å². The van der Waals surface area contributed by atoms with E-state index in [1.165, 1.54) is 6.92 Å². The highest BCUT2D eigenvalue weighted by Gasteiger charge is 2.67. The zero-order valence-corrected chi connectivity index (χ0v) is 23.9. The quantitative estimate of drug-likeness (QED) is 0.330. The van der Waals surface area contributed by atoms with Crippen molar-refractivity contribution in [2.45, 2.75) is 76.6 Å². The van der Waals surface area contributed by atoms with Gasteiger partial charge in [-0.2, -0.15) is 18.4 Å². The van der Waals surface area contributed by atoms with Gasteiger partial charge in [0, 0.05) is 36.5 Å². The number of hydrogen-bond donors (Lipinski definition) is 1. The van der Waals surface area contributed by atoms with Crippen LogP contribution in [0, 0.1) is 35.5 Å². The van der Waals surface area contributed by atoms with E-state index < -0.39 is 15.8 Å². The van der Waals surface area contributed by atoms with Crippen LogP contribution in [0.25, 0.3) is 0 Å². The Hall–Kier alpha value is -2.49. The van der Waals surface area contributed by atoms with Gasteiger partial charge in [0.1, 0.15) is 6.10 Å². The number of fused-ring (bicyclic) bond motifs is 6. The molecule has 1 aliphatic heterocycles. The zero-order valence-electron chi connectivity index (χ0n) is 23.1. The molecule has 8 nitrogen and oxygen atoms in total. The maximum atomic E-state index is 13.2. The summed E-state index contributed by atoms with van der Waals surface area (Å²) in [5.41, 5.74) is 2.42. The molecule has 1 aromatic rings. The molecule has 6 rings (SSSR count). The van der Waals surface area contributed by atoms with Gasteiger partial charge < -0.3 is 14.2 Å². The van der Waals surface area contributed by atoms with Crippen LogP contribution in [0.2, 0.25) is 0 Å². The highest BCUT2D eigenvalue weighted by molar-refractivity contribution is 7.89. The molecule has 0 bridgehead atoms. The van der Waals surface area contributed by atoms with Gasteiger partial charge >= 0.3 is 5.97 Å². The lowest BCUT2D eigenvalue weighted by molar-refractivity contribution is -0.237. The van der Waals surface area contributed by atoms with Crippen molar-refractivity contribution in [3.8, 4) is 0 Å². The third-order valence-corrected chi connectivity index (χ3v) is 11.4. The lowest BCUT2D eigenvalue weighted by atomic mass is 9.48. The number of carbonyl (C=O) groups excluding carboxylic acids is 1. The fourth-order valence-electron chi connectivity index (χ4n) is 8.17. The van der Waals surface area contributed by atoms with Crippen LogP contribution in [0.1, 0.15) is 58.4 Å². The second kappa shape index (κ2) is 9.28. The molecule has 0 aromatic heterocycles. The number of hydrazone groups is 1. The van der Waals surface area contributed by atoms with Gasteiger partial charge in [-0.05, 0) is 62.3 Å². The van der Waals surface area contributed by atoms with Crippen LogP contribution in [0.5, 0.6) is 0 Å². The van der Waals surface area contributed by atoms with E-state index >= 15 is 0 Å². The Kier molecular flexibility index (Phi) is 6.36. The van der Waals surface area contributed by atoms with Crippen LogP contribution in [-0.2, 0) is 29.0 Å². The summed E-state index contributed by atoms with van der Waals surface area (Å²) in [6.45, 7) is 9.11. The van der Waals surface area contributed by atoms with Crippen molar-refractivity contribution >= 4 is 21.7 Å². The Morgan fingerprint density at radius 1 is 1.08 bits per heavy atom. The molecule has 210 valence electrons. The van der Waals surface area contributed by atoms with E-state index in [4.69, 9.17) is 14.2 Å². The zero-order chi connectivity index (χ0) is 27.6. The minimum absolute atomic E-state index is 0.0281. The highest BCUT2D eigenvalue weighted by Crippen LogP contribution is 2.67. The Balaban J connectivity index is 1.41. The summed E-state index contributed by atoms with van der Waals surface area (Å²) in [5, 5.41) is 4.64. The van der Waals surface area contributed by atoms with Crippen LogP contribution >= 0.6 is 0 Å². The number of rotatable bonds is 4. The van der Waals surface area contributed by atoms with Crippen LogP contribution < -0.4 is 4.83 Å². The van der Waals surface area contributed by atoms with Gasteiger partial charge in [0.15, 0.2) is 5.79 Å². The Bertz CT molecular complexity index is 1360. The maximum Gasteiger partial charge on any atom is 0.303 e. The smallest absolute Gasteiger partial charge is 0.303 e. The van der Waals surface area contributed by atoms with Crippen molar-refractivity contribution in [2.75, 3.05) is 13.2 Å². The molecule has 4 unspecified atom stereocenters. The standard InChI is InChI=1S/C30H38N2O6S/c1-19-5-7-23(8-6-19)39(34,35)32-31-26-18-21-17-22(38-20(2)33)9-12-28(21,3)24-10-13-29(4)25(27(24)26)11-14-30(29)36-15-16-37-30/h5-9,12,18,22,24-25,27,32H,10-11,13-17H2,1-4H3/b31-26-/t22?,24?,25?,27?,28-,29-/m0/s1. The SMILES string of the molecule is CC(=O)OC1C=C[C@@]2(C)C(=C/C(=N/NS(=O)(=O)c3ccc(C)cc3)C3C2CC[C@@]2(C)C3CCC23OCCO3)C1. The average molecular weight is 555 g/mol. The molecule has 1 heterocycles. The van der Waals surface area contributed by atoms with Crippen LogP contribution in [0.4, 0.5) is 0 Å². The average Bonchev–Trinajstić information content (AvgIpc) is 3.49. The second-order valence-electron chi connectivity index (χ2n) is 12.3. The summed E-state index contributed by atoms with van der Waals surface area (Å²) in [6, 6.07) is 6.75. The summed E-state index contributed by atoms with van der Waals surface area (Å²) in [4.78, 5) is 14.4. The summed E-state index contributed by atoms with van der Waals surface area (Å²) in [5.74, 6) is -0.414. The first kappa shape index (κ1) is 26.7. The van der Waals surface area contributed by atoms with Gasteiger partial charge in [0.25, 0.3) is 10.0 Å². The van der Waals surface area contributed by atoms with Crippen LogP contribution in [-0.4, -0.2) is 45.2 Å². The Morgan fingerprint density at radius 3 is 2.46 bits per heavy atom. The number of carbonyl (C=O) groups is 1. The highest BCUT2D eigenvalue weighted by atomic mass is 32.2. The number of nitrogens with zero attached hydrogens (tertiary/aromatic N) is 1. The third kappa shape index (κ3) is 4.19. The van der Waals surface area contributed by atoms with Gasteiger partial charge in [-0.25, -0.2) is 0 Å². The van der Waals surface area contributed by atoms with Gasteiger partial charge in [-0.3, -0.25) is 4.79 Å². The predicted molar refractivity (Wildman–Crippen MR) is 146 cm³/mol. The number of sulfonamides is 1. The topological polar surface area (TPSA) is 103 Å². The molecular weight excluding hydrogens is 516 g/mol. The molecule has 39 heavy (non-hydrogen) atoms. The molecule has 6 atom stereocenters. The molecule has 5 aliphatic rings. The van der Waals surface area contributed by atoms with E-state index in [1.54, 1.807) is 24.3 Å². The maximum absolute atomic E-state index is 13.2. The molecule has 4 aliphatic carbocycles. The molecule has 1 saturated heterocycles. The van der Waals surface area contributed by atoms with E-state index in [2.05, 4.69) is 35.9 Å². The monoisotopic (exact) mass is 554 g/mol. The minimum Gasteiger partial charge on any atom is -0.458 e. The number of nitrogens with one attached hydrogen (secondary N) is 1. The summed E-state index contributed by atoms with van der Waals surface area (Å²) >= 11 is 0. The lowest BCUT2D eigenvalue weighted by Crippen LogP contribution is -2.56. The number of aryl methyl sites for hydroxylation is 1. The molecule has 0 amide bonds. The molecule has 1 aromatic carbocycles. The van der Waals surface area contributed by atoms with Crippen molar-refractivity contribution in [3.05, 3.63) is 53.6 Å². The van der Waals surface area contributed by atoms with E-state index in [9.17, 15) is 13.2 Å². The number of ether oxygens (including phenoxy) is 3. The van der Waals surface area contributed by atoms with E-state index in [-0.39, 0.29) is 45.6 Å². The first-order chi connectivity index (χ1) is 18.5. The van der Waals surface area contributed by atoms with E-state index in [1.807, 2.05) is 13.0 Å². The van der Waals surface area contributed by atoms with Crippen molar-refractivity contribution in [2.24, 2.45) is 33.7 Å². The van der Waals surface area contributed by atoms with Gasteiger partial charge in [0.05, 0.1) is 23.8 Å². The third-order valence-electron chi connectivity index (χ3n) is 10.2. The fourth-order valence-corrected chi connectivity index (χ4v) is 8.99. The number of esters is 1. The minimum atomic E-state index is -3.84. The fraction of sp³-hybridized carbons (Fsp3) is 0.600. The largest absolute Gasteiger partial charge is 0.458 e. The Morgan fingerprint density at radius 2 is 1.77 bits per heavy atom. The van der Waals surface area contributed by atoms with Crippen LogP contribution in [0.15, 0.2) is 58.1 Å². The van der Waals surface area contributed by atoms with Gasteiger partial charge in [0.2, 0.25) is 0 Å². The number of allylic oxidation sites excluding steroid dienone is 2. The predicted octanol–water partition coefficient (Wildman–Crippen LogP) is 4.65. The van der Waals surface area contributed by atoms with E-state index in [0.717, 1.165) is 42.5 Å². The number of benzene rings is 1. The normalized spacial score (nSPS) is 37.6. The summed E-state index contributed by atoms with van der Waals surface area (Å²) in [7, 11) is -3.84. The van der Waals surface area contributed by atoms with Gasteiger partial charge in [-0.1, -0.05) is 43.2 Å². The molecule has 9 heteroatoms.